The molecule has 0 saturated heterocycles. The first-order valence-corrected chi connectivity index (χ1v) is 11.6. The normalized spacial score (nSPS) is 10.9. The first-order chi connectivity index (χ1) is 15.3. The average Bonchev–Trinajstić information content (AvgIpc) is 2.79. The van der Waals surface area contributed by atoms with Crippen molar-refractivity contribution in [3.8, 4) is 23.3 Å². The lowest BCUT2D eigenvalue weighted by Gasteiger charge is -2.14. The Labute approximate surface area is 189 Å². The maximum Gasteiger partial charge on any atom is 0.342 e. The van der Waals surface area contributed by atoms with E-state index in [0.717, 1.165) is 16.7 Å². The van der Waals surface area contributed by atoms with Gasteiger partial charge in [-0.25, -0.2) is 0 Å². The number of ether oxygens (including phenoxy) is 2. The highest BCUT2D eigenvalue weighted by Gasteiger charge is 2.22. The minimum absolute atomic E-state index is 0.0230. The molecule has 0 bridgehead atoms. The summed E-state index contributed by atoms with van der Waals surface area (Å²) >= 11 is 0. The SMILES string of the molecule is CCc1cc(OCCc2ccc(C#N)cc2)cc(OS(=O)(=O)c2cc(C)ccc2OC)c1. The van der Waals surface area contributed by atoms with Crippen LogP contribution in [0.15, 0.2) is 65.6 Å². The second kappa shape index (κ2) is 10.2. The van der Waals surface area contributed by atoms with E-state index in [-0.39, 0.29) is 16.4 Å². The van der Waals surface area contributed by atoms with Crippen LogP contribution in [0.25, 0.3) is 0 Å². The molecule has 7 heteroatoms. The zero-order valence-corrected chi connectivity index (χ0v) is 19.1. The molecule has 0 heterocycles. The third kappa shape index (κ3) is 5.80. The molecule has 3 aromatic carbocycles. The number of rotatable bonds is 9. The van der Waals surface area contributed by atoms with Gasteiger partial charge in [0.05, 0.1) is 25.3 Å². The van der Waals surface area contributed by atoms with E-state index < -0.39 is 10.1 Å². The summed E-state index contributed by atoms with van der Waals surface area (Å²) in [5.74, 6) is 0.932. The van der Waals surface area contributed by atoms with Crippen LogP contribution >= 0.6 is 0 Å². The summed E-state index contributed by atoms with van der Waals surface area (Å²) in [6.07, 6.45) is 1.34. The lowest BCUT2D eigenvalue weighted by Crippen LogP contribution is -2.12. The van der Waals surface area contributed by atoms with Crippen molar-refractivity contribution in [2.75, 3.05) is 13.7 Å². The molecule has 0 aromatic heterocycles. The van der Waals surface area contributed by atoms with E-state index in [0.29, 0.717) is 30.8 Å². The van der Waals surface area contributed by atoms with E-state index in [1.54, 1.807) is 43.3 Å². The molecule has 0 aliphatic heterocycles. The van der Waals surface area contributed by atoms with Crippen molar-refractivity contribution in [3.05, 3.63) is 82.9 Å². The Morgan fingerprint density at radius 3 is 2.31 bits per heavy atom. The zero-order chi connectivity index (χ0) is 23.1. The minimum atomic E-state index is -4.10. The van der Waals surface area contributed by atoms with E-state index in [9.17, 15) is 8.42 Å². The van der Waals surface area contributed by atoms with Crippen LogP contribution in [0.5, 0.6) is 17.2 Å². The van der Waals surface area contributed by atoms with Crippen LogP contribution in [0, 0.1) is 18.3 Å². The summed E-state index contributed by atoms with van der Waals surface area (Å²) in [5.41, 5.74) is 3.32. The average molecular weight is 452 g/mol. The van der Waals surface area contributed by atoms with Gasteiger partial charge in [0.1, 0.15) is 22.1 Å². The predicted octanol–water partition coefficient (Wildman–Crippen LogP) is 4.83. The molecule has 0 radical (unpaired) electrons. The number of methoxy groups -OCH3 is 1. The monoisotopic (exact) mass is 451 g/mol. The lowest BCUT2D eigenvalue weighted by molar-refractivity contribution is 0.320. The van der Waals surface area contributed by atoms with Crippen LogP contribution in [0.3, 0.4) is 0 Å². The second-order valence-electron chi connectivity index (χ2n) is 7.27. The van der Waals surface area contributed by atoms with Gasteiger partial charge in [0.2, 0.25) is 0 Å². The number of benzene rings is 3. The maximum absolute atomic E-state index is 12.9. The van der Waals surface area contributed by atoms with Gasteiger partial charge in [0.25, 0.3) is 0 Å². The molecule has 3 aromatic rings. The smallest absolute Gasteiger partial charge is 0.342 e. The lowest BCUT2D eigenvalue weighted by atomic mass is 10.1. The molecule has 6 nitrogen and oxygen atoms in total. The molecule has 0 atom stereocenters. The van der Waals surface area contributed by atoms with E-state index in [1.165, 1.54) is 13.2 Å². The van der Waals surface area contributed by atoms with Crippen LogP contribution in [-0.4, -0.2) is 22.1 Å². The molecular weight excluding hydrogens is 426 g/mol. The summed E-state index contributed by atoms with van der Waals surface area (Å²) in [7, 11) is -2.68. The Hall–Kier alpha value is -3.50. The standard InChI is InChI=1S/C25H25NO5S/c1-4-19-14-22(30-12-11-20-6-8-21(17-26)9-7-20)16-23(15-19)31-32(27,28)25-13-18(2)5-10-24(25)29-3/h5-10,13-16H,4,11-12H2,1-3H3. The summed E-state index contributed by atoms with van der Waals surface area (Å²) in [5, 5.41) is 8.89. The Bertz CT molecular complexity index is 1230. The van der Waals surface area contributed by atoms with Gasteiger partial charge < -0.3 is 13.7 Å². The molecule has 0 saturated carbocycles. The van der Waals surface area contributed by atoms with Gasteiger partial charge in [0, 0.05) is 12.5 Å². The van der Waals surface area contributed by atoms with Crippen LogP contribution in [0.4, 0.5) is 0 Å². The molecule has 0 aliphatic carbocycles. The van der Waals surface area contributed by atoms with E-state index >= 15 is 0 Å². The Kier molecular flexibility index (Phi) is 7.39. The van der Waals surface area contributed by atoms with Crippen molar-refractivity contribution in [3.63, 3.8) is 0 Å². The van der Waals surface area contributed by atoms with Crippen LogP contribution < -0.4 is 13.7 Å². The minimum Gasteiger partial charge on any atom is -0.495 e. The molecular formula is C25H25NO5S. The fraction of sp³-hybridized carbons (Fsp3) is 0.240. The van der Waals surface area contributed by atoms with Gasteiger partial charge in [-0.15, -0.1) is 0 Å². The highest BCUT2D eigenvalue weighted by Crippen LogP contribution is 2.30. The summed E-state index contributed by atoms with van der Waals surface area (Å²) in [6, 6.07) is 19.4. The van der Waals surface area contributed by atoms with Crippen molar-refractivity contribution >= 4 is 10.1 Å². The first-order valence-electron chi connectivity index (χ1n) is 10.2. The maximum atomic E-state index is 12.9. The van der Waals surface area contributed by atoms with E-state index in [1.807, 2.05) is 25.1 Å². The molecule has 32 heavy (non-hydrogen) atoms. The summed E-state index contributed by atoms with van der Waals surface area (Å²) in [4.78, 5) is -0.0230. The summed E-state index contributed by atoms with van der Waals surface area (Å²) < 4.78 is 42.4. The fourth-order valence-corrected chi connectivity index (χ4v) is 4.32. The molecule has 3 rings (SSSR count). The molecule has 0 spiro atoms. The molecule has 166 valence electrons. The van der Waals surface area contributed by atoms with Gasteiger partial charge in [-0.05, 0) is 66.4 Å². The van der Waals surface area contributed by atoms with Crippen LogP contribution in [0.1, 0.15) is 29.2 Å². The zero-order valence-electron chi connectivity index (χ0n) is 18.3. The second-order valence-corrected chi connectivity index (χ2v) is 8.78. The number of nitriles is 1. The number of hydrogen-bond donors (Lipinski definition) is 0. The number of nitrogens with zero attached hydrogens (tertiary/aromatic N) is 1. The topological polar surface area (TPSA) is 85.6 Å². The van der Waals surface area contributed by atoms with Gasteiger partial charge in [-0.3, -0.25) is 0 Å². The summed E-state index contributed by atoms with van der Waals surface area (Å²) in [6.45, 7) is 4.17. The quantitative estimate of drug-likeness (QED) is 0.433. The Morgan fingerprint density at radius 1 is 0.938 bits per heavy atom. The Morgan fingerprint density at radius 2 is 1.66 bits per heavy atom. The van der Waals surface area contributed by atoms with Crippen LogP contribution in [0.2, 0.25) is 0 Å². The van der Waals surface area contributed by atoms with Gasteiger partial charge in [-0.1, -0.05) is 25.1 Å². The molecule has 0 amide bonds. The Balaban J connectivity index is 1.77. The highest BCUT2D eigenvalue weighted by atomic mass is 32.2. The molecule has 0 fully saturated rings. The first kappa shape index (κ1) is 23.2. The molecule has 0 aliphatic rings. The van der Waals surface area contributed by atoms with Gasteiger partial charge in [0.15, 0.2) is 0 Å². The number of hydrogen-bond acceptors (Lipinski definition) is 6. The van der Waals surface area contributed by atoms with Gasteiger partial charge in [-0.2, -0.15) is 13.7 Å². The number of aryl methyl sites for hydroxylation is 2. The largest absolute Gasteiger partial charge is 0.495 e. The molecule has 0 unspecified atom stereocenters. The van der Waals surface area contributed by atoms with Crippen molar-refractivity contribution < 1.29 is 22.1 Å². The highest BCUT2D eigenvalue weighted by molar-refractivity contribution is 7.87. The fourth-order valence-electron chi connectivity index (χ4n) is 3.15. The van der Waals surface area contributed by atoms with Crippen molar-refractivity contribution in [1.29, 1.82) is 5.26 Å². The molecule has 0 N–H and O–H groups in total. The third-order valence-electron chi connectivity index (χ3n) is 4.88. The van der Waals surface area contributed by atoms with Crippen LogP contribution in [-0.2, 0) is 23.0 Å². The van der Waals surface area contributed by atoms with Crippen molar-refractivity contribution in [2.45, 2.75) is 31.6 Å². The van der Waals surface area contributed by atoms with E-state index in [2.05, 4.69) is 6.07 Å². The van der Waals surface area contributed by atoms with Crippen molar-refractivity contribution in [2.24, 2.45) is 0 Å². The third-order valence-corrected chi connectivity index (χ3v) is 6.15. The van der Waals surface area contributed by atoms with E-state index in [4.69, 9.17) is 18.9 Å². The predicted molar refractivity (Wildman–Crippen MR) is 122 cm³/mol. The van der Waals surface area contributed by atoms with Crippen molar-refractivity contribution in [1.82, 2.24) is 0 Å². The van der Waals surface area contributed by atoms with Gasteiger partial charge >= 0.3 is 10.1 Å².